The fourth-order valence-electron chi connectivity index (χ4n) is 2.39. The molecule has 0 fully saturated rings. The van der Waals surface area contributed by atoms with Crippen LogP contribution < -0.4 is 5.32 Å². The number of oxazole rings is 1. The Balaban J connectivity index is 1.94. The number of esters is 1. The van der Waals surface area contributed by atoms with Crippen molar-refractivity contribution in [3.05, 3.63) is 47.5 Å². The molecule has 24 heavy (non-hydrogen) atoms. The molecule has 6 nitrogen and oxygen atoms in total. The number of hydrogen-bond acceptors (Lipinski definition) is 6. The van der Waals surface area contributed by atoms with Gasteiger partial charge in [-0.05, 0) is 35.7 Å². The third-order valence-electron chi connectivity index (χ3n) is 3.76. The molecule has 3 rings (SSSR count). The number of methoxy groups -OCH3 is 1. The van der Waals surface area contributed by atoms with Gasteiger partial charge in [-0.25, -0.2) is 4.79 Å². The van der Waals surface area contributed by atoms with Crippen LogP contribution in [0.3, 0.4) is 0 Å². The first-order chi connectivity index (χ1) is 11.5. The summed E-state index contributed by atoms with van der Waals surface area (Å²) in [6, 6.07) is 10.8. The normalized spacial score (nSPS) is 11.0. The average molecular weight is 326 g/mol. The van der Waals surface area contributed by atoms with Crippen LogP contribution in [-0.2, 0) is 4.74 Å². The van der Waals surface area contributed by atoms with Crippen LogP contribution in [0.4, 0.5) is 11.7 Å². The van der Waals surface area contributed by atoms with E-state index in [-0.39, 0.29) is 17.3 Å². The number of phenols is 1. The zero-order valence-corrected chi connectivity index (χ0v) is 13.7. The van der Waals surface area contributed by atoms with Gasteiger partial charge in [-0.2, -0.15) is 4.98 Å². The lowest BCUT2D eigenvalue weighted by Gasteiger charge is -2.08. The molecule has 0 saturated carbocycles. The number of aromatic hydroxyl groups is 1. The molecule has 0 unspecified atom stereocenters. The van der Waals surface area contributed by atoms with Crippen LogP contribution in [-0.4, -0.2) is 23.2 Å². The second-order valence-electron chi connectivity index (χ2n) is 5.72. The lowest BCUT2D eigenvalue weighted by atomic mass is 10.0. The maximum absolute atomic E-state index is 11.6. The fourth-order valence-corrected chi connectivity index (χ4v) is 2.39. The molecule has 0 amide bonds. The van der Waals surface area contributed by atoms with E-state index < -0.39 is 5.97 Å². The number of carbonyl (C=O) groups is 1. The van der Waals surface area contributed by atoms with Crippen LogP contribution >= 0.6 is 0 Å². The molecule has 0 aliphatic rings. The summed E-state index contributed by atoms with van der Waals surface area (Å²) in [5.74, 6) is -0.437. The highest BCUT2D eigenvalue weighted by Gasteiger charge is 2.16. The standard InChI is InChI=1S/C18H18N2O4/c1-10(2)11-7-8-15-14(9-11)20-18(24-15)19-13-6-4-5-12(16(13)21)17(22)23-3/h4-10,21H,1-3H3,(H,19,20). The molecule has 0 saturated heterocycles. The van der Waals surface area contributed by atoms with Crippen LogP contribution in [0.25, 0.3) is 11.1 Å². The summed E-state index contributed by atoms with van der Waals surface area (Å²) in [6.45, 7) is 4.22. The van der Waals surface area contributed by atoms with E-state index in [0.717, 1.165) is 11.1 Å². The number of benzene rings is 2. The Morgan fingerprint density at radius 3 is 2.79 bits per heavy atom. The van der Waals surface area contributed by atoms with Crippen LogP contribution in [0.15, 0.2) is 40.8 Å². The molecule has 1 heterocycles. The average Bonchev–Trinajstić information content (AvgIpc) is 2.97. The van der Waals surface area contributed by atoms with E-state index in [4.69, 9.17) is 4.42 Å². The molecule has 0 aliphatic heterocycles. The van der Waals surface area contributed by atoms with Crippen molar-refractivity contribution in [2.24, 2.45) is 0 Å². The zero-order valence-electron chi connectivity index (χ0n) is 13.7. The minimum absolute atomic E-state index is 0.0701. The molecular formula is C18H18N2O4. The summed E-state index contributed by atoms with van der Waals surface area (Å²) in [4.78, 5) is 16.0. The van der Waals surface area contributed by atoms with Crippen molar-refractivity contribution in [3.8, 4) is 5.75 Å². The number of phenolic OH excluding ortho intramolecular Hbond substituents is 1. The minimum Gasteiger partial charge on any atom is -0.505 e. The third kappa shape index (κ3) is 2.90. The van der Waals surface area contributed by atoms with Gasteiger partial charge in [-0.1, -0.05) is 26.0 Å². The number of ether oxygens (including phenoxy) is 1. The summed E-state index contributed by atoms with van der Waals surface area (Å²) >= 11 is 0. The van der Waals surface area contributed by atoms with Crippen LogP contribution in [0.5, 0.6) is 5.75 Å². The lowest BCUT2D eigenvalue weighted by molar-refractivity contribution is 0.0597. The van der Waals surface area contributed by atoms with Gasteiger partial charge < -0.3 is 19.6 Å². The van der Waals surface area contributed by atoms with Gasteiger partial charge >= 0.3 is 5.97 Å². The Morgan fingerprint density at radius 1 is 1.29 bits per heavy atom. The van der Waals surface area contributed by atoms with E-state index in [2.05, 4.69) is 28.9 Å². The Kier molecular flexibility index (Phi) is 4.12. The molecule has 124 valence electrons. The van der Waals surface area contributed by atoms with Crippen molar-refractivity contribution in [3.63, 3.8) is 0 Å². The molecule has 0 aliphatic carbocycles. The first-order valence-corrected chi connectivity index (χ1v) is 7.57. The summed E-state index contributed by atoms with van der Waals surface area (Å²) in [5.41, 5.74) is 2.92. The van der Waals surface area contributed by atoms with Gasteiger partial charge in [0.05, 0.1) is 12.8 Å². The zero-order chi connectivity index (χ0) is 17.3. The van der Waals surface area contributed by atoms with E-state index in [1.807, 2.05) is 18.2 Å². The second-order valence-corrected chi connectivity index (χ2v) is 5.72. The van der Waals surface area contributed by atoms with Crippen molar-refractivity contribution in [1.82, 2.24) is 4.98 Å². The SMILES string of the molecule is COC(=O)c1cccc(Nc2nc3cc(C(C)C)ccc3o2)c1O. The Labute approximate surface area is 139 Å². The van der Waals surface area contributed by atoms with E-state index in [9.17, 15) is 9.90 Å². The smallest absolute Gasteiger partial charge is 0.341 e. The lowest BCUT2D eigenvalue weighted by Crippen LogP contribution is -2.03. The molecule has 6 heteroatoms. The van der Waals surface area contributed by atoms with Gasteiger partial charge in [0.2, 0.25) is 0 Å². The minimum atomic E-state index is -0.615. The van der Waals surface area contributed by atoms with Gasteiger partial charge in [0, 0.05) is 0 Å². The fraction of sp³-hybridized carbons (Fsp3) is 0.222. The largest absolute Gasteiger partial charge is 0.505 e. The maximum atomic E-state index is 11.6. The van der Waals surface area contributed by atoms with Gasteiger partial charge in [0.25, 0.3) is 6.01 Å². The predicted octanol–water partition coefficient (Wildman–Crippen LogP) is 4.19. The van der Waals surface area contributed by atoms with Gasteiger partial charge in [-0.15, -0.1) is 0 Å². The number of rotatable bonds is 4. The summed E-state index contributed by atoms with van der Waals surface area (Å²) < 4.78 is 10.3. The van der Waals surface area contributed by atoms with Crippen LogP contribution in [0, 0.1) is 0 Å². The van der Waals surface area contributed by atoms with Crippen molar-refractivity contribution >= 4 is 28.8 Å². The molecule has 0 radical (unpaired) electrons. The molecule has 3 aromatic rings. The molecule has 2 aromatic carbocycles. The van der Waals surface area contributed by atoms with E-state index in [1.54, 1.807) is 12.1 Å². The van der Waals surface area contributed by atoms with E-state index in [1.165, 1.54) is 13.2 Å². The summed E-state index contributed by atoms with van der Waals surface area (Å²) in [5, 5.41) is 13.1. The summed E-state index contributed by atoms with van der Waals surface area (Å²) in [6.07, 6.45) is 0. The van der Waals surface area contributed by atoms with Gasteiger partial charge in [-0.3, -0.25) is 0 Å². The molecular weight excluding hydrogens is 308 g/mol. The maximum Gasteiger partial charge on any atom is 0.341 e. The Bertz CT molecular complexity index is 899. The first-order valence-electron chi connectivity index (χ1n) is 7.57. The van der Waals surface area contributed by atoms with E-state index >= 15 is 0 Å². The quantitative estimate of drug-likeness (QED) is 0.552. The van der Waals surface area contributed by atoms with Gasteiger partial charge in [0.15, 0.2) is 11.3 Å². The Hall–Kier alpha value is -3.02. The third-order valence-corrected chi connectivity index (χ3v) is 3.76. The first kappa shape index (κ1) is 15.9. The predicted molar refractivity (Wildman–Crippen MR) is 90.8 cm³/mol. The number of anilines is 2. The number of nitrogens with zero attached hydrogens (tertiary/aromatic N) is 1. The topological polar surface area (TPSA) is 84.6 Å². The van der Waals surface area contributed by atoms with E-state index in [0.29, 0.717) is 17.2 Å². The molecule has 0 bridgehead atoms. The highest BCUT2D eigenvalue weighted by Crippen LogP contribution is 2.32. The second kappa shape index (κ2) is 6.23. The van der Waals surface area contributed by atoms with Crippen molar-refractivity contribution < 1.29 is 19.1 Å². The van der Waals surface area contributed by atoms with Gasteiger partial charge in [0.1, 0.15) is 11.1 Å². The number of para-hydroxylation sites is 1. The highest BCUT2D eigenvalue weighted by molar-refractivity contribution is 5.94. The number of nitrogens with one attached hydrogen (secondary N) is 1. The molecule has 1 aromatic heterocycles. The number of aromatic nitrogens is 1. The number of carbonyl (C=O) groups excluding carboxylic acids is 1. The van der Waals surface area contributed by atoms with Crippen LogP contribution in [0.2, 0.25) is 0 Å². The van der Waals surface area contributed by atoms with Crippen molar-refractivity contribution in [2.45, 2.75) is 19.8 Å². The molecule has 0 atom stereocenters. The van der Waals surface area contributed by atoms with Crippen molar-refractivity contribution in [2.75, 3.05) is 12.4 Å². The van der Waals surface area contributed by atoms with Crippen LogP contribution in [0.1, 0.15) is 35.7 Å². The summed E-state index contributed by atoms with van der Waals surface area (Å²) in [7, 11) is 1.26. The number of fused-ring (bicyclic) bond motifs is 1. The Morgan fingerprint density at radius 2 is 2.08 bits per heavy atom. The number of hydrogen-bond donors (Lipinski definition) is 2. The highest BCUT2D eigenvalue weighted by atomic mass is 16.5. The molecule has 2 N–H and O–H groups in total. The van der Waals surface area contributed by atoms with Crippen molar-refractivity contribution in [1.29, 1.82) is 0 Å². The molecule has 0 spiro atoms. The monoisotopic (exact) mass is 326 g/mol.